The van der Waals surface area contributed by atoms with E-state index in [4.69, 9.17) is 5.26 Å². The van der Waals surface area contributed by atoms with Gasteiger partial charge in [-0.05, 0) is 97.2 Å². The van der Waals surface area contributed by atoms with Gasteiger partial charge in [0.1, 0.15) is 6.07 Å². The third kappa shape index (κ3) is 3.47. The Balaban J connectivity index is 1.57. The quantitative estimate of drug-likeness (QED) is 0.435. The molecule has 8 unspecified atom stereocenters. The first kappa shape index (κ1) is 23.8. The van der Waals surface area contributed by atoms with E-state index >= 15 is 0 Å². The topological polar surface area (TPSA) is 41.6 Å². The van der Waals surface area contributed by atoms with Gasteiger partial charge in [-0.1, -0.05) is 54.4 Å². The van der Waals surface area contributed by atoms with Gasteiger partial charge in [0.15, 0.2) is 0 Å². The van der Waals surface area contributed by atoms with Crippen LogP contribution >= 0.6 is 0 Å². The summed E-state index contributed by atoms with van der Waals surface area (Å²) in [5.74, 6) is 4.17. The predicted molar refractivity (Wildman–Crippen MR) is 132 cm³/mol. The summed E-state index contributed by atoms with van der Waals surface area (Å²) >= 11 is 0. The van der Waals surface area contributed by atoms with E-state index in [9.17, 15) is 0 Å². The molecular formula is C29H47N3. The van der Waals surface area contributed by atoms with Crippen LogP contribution in [-0.2, 0) is 6.54 Å². The molecule has 0 radical (unpaired) electrons. The summed E-state index contributed by atoms with van der Waals surface area (Å²) in [6.07, 6.45) is 17.7. The molecule has 8 atom stereocenters. The second-order valence-corrected chi connectivity index (χ2v) is 12.4. The van der Waals surface area contributed by atoms with Crippen molar-refractivity contribution in [2.75, 3.05) is 0 Å². The zero-order chi connectivity index (χ0) is 23.1. The van der Waals surface area contributed by atoms with E-state index in [-0.39, 0.29) is 0 Å². The zero-order valence-corrected chi connectivity index (χ0v) is 21.7. The Kier molecular flexibility index (Phi) is 6.56. The van der Waals surface area contributed by atoms with E-state index in [1.165, 1.54) is 64.2 Å². The summed E-state index contributed by atoms with van der Waals surface area (Å²) in [5, 5.41) is 13.6. The van der Waals surface area contributed by atoms with Crippen molar-refractivity contribution in [3.05, 3.63) is 18.0 Å². The lowest BCUT2D eigenvalue weighted by Gasteiger charge is -2.64. The van der Waals surface area contributed by atoms with Crippen LogP contribution in [0, 0.1) is 57.2 Å². The smallest absolute Gasteiger partial charge is 0.102 e. The number of nitrogens with zero attached hydrogens (tertiary/aromatic N) is 3. The molecule has 1 aromatic heterocycles. The highest BCUT2D eigenvalue weighted by Gasteiger charge is 2.62. The third-order valence-electron chi connectivity index (χ3n) is 11.5. The molecule has 0 spiro atoms. The van der Waals surface area contributed by atoms with Gasteiger partial charge < -0.3 is 0 Å². The summed E-state index contributed by atoms with van der Waals surface area (Å²) in [7, 11) is 0. The minimum Gasteiger partial charge on any atom is -0.271 e. The number of hydrogen-bond acceptors (Lipinski definition) is 2. The monoisotopic (exact) mass is 437 g/mol. The molecule has 3 aliphatic rings. The normalized spacial score (nSPS) is 42.2. The first-order chi connectivity index (χ1) is 15.3. The van der Waals surface area contributed by atoms with Gasteiger partial charge in [0.2, 0.25) is 0 Å². The van der Waals surface area contributed by atoms with Crippen LogP contribution < -0.4 is 0 Å². The zero-order valence-electron chi connectivity index (χ0n) is 21.7. The number of fused-ring (bicyclic) bond motifs is 3. The maximum absolute atomic E-state index is 9.15. The minimum atomic E-state index is 0.484. The van der Waals surface area contributed by atoms with Gasteiger partial charge in [0.05, 0.1) is 11.8 Å². The second kappa shape index (κ2) is 8.81. The molecule has 0 aromatic carbocycles. The molecule has 32 heavy (non-hydrogen) atoms. The number of aromatic nitrogens is 2. The van der Waals surface area contributed by atoms with Crippen molar-refractivity contribution < 1.29 is 0 Å². The first-order valence-corrected chi connectivity index (χ1v) is 13.7. The Bertz CT molecular complexity index is 836. The van der Waals surface area contributed by atoms with Gasteiger partial charge in [-0.2, -0.15) is 10.4 Å². The van der Waals surface area contributed by atoms with Gasteiger partial charge >= 0.3 is 0 Å². The minimum absolute atomic E-state index is 0.484. The number of hydrogen-bond donors (Lipinski definition) is 0. The Labute approximate surface area is 197 Å². The van der Waals surface area contributed by atoms with Crippen molar-refractivity contribution in [1.82, 2.24) is 9.78 Å². The first-order valence-electron chi connectivity index (χ1n) is 13.7. The summed E-state index contributed by atoms with van der Waals surface area (Å²) in [6, 6.07) is 2.23. The van der Waals surface area contributed by atoms with E-state index in [2.05, 4.69) is 52.7 Å². The molecule has 3 aliphatic carbocycles. The molecule has 3 saturated carbocycles. The number of nitriles is 1. The van der Waals surface area contributed by atoms with Crippen molar-refractivity contribution in [3.8, 4) is 6.07 Å². The van der Waals surface area contributed by atoms with E-state index < -0.39 is 0 Å². The van der Waals surface area contributed by atoms with E-state index in [0.717, 1.165) is 30.2 Å². The fourth-order valence-corrected chi connectivity index (χ4v) is 9.80. The van der Waals surface area contributed by atoms with Gasteiger partial charge in [-0.3, -0.25) is 4.68 Å². The molecule has 3 fully saturated rings. The van der Waals surface area contributed by atoms with Crippen LogP contribution in [0.15, 0.2) is 12.4 Å². The molecule has 178 valence electrons. The Hall–Kier alpha value is -1.30. The predicted octanol–water partition coefficient (Wildman–Crippen LogP) is 7.86. The van der Waals surface area contributed by atoms with Crippen LogP contribution in [0.1, 0.15) is 111 Å². The summed E-state index contributed by atoms with van der Waals surface area (Å²) in [4.78, 5) is 0. The lowest BCUT2D eigenvalue weighted by atomic mass is 9.40. The highest BCUT2D eigenvalue weighted by molar-refractivity contribution is 5.21. The van der Waals surface area contributed by atoms with E-state index in [1.807, 2.05) is 10.9 Å². The lowest BCUT2D eigenvalue weighted by molar-refractivity contribution is -0.152. The fourth-order valence-electron chi connectivity index (χ4n) is 9.80. The van der Waals surface area contributed by atoms with Crippen LogP contribution in [0.4, 0.5) is 0 Å². The van der Waals surface area contributed by atoms with Crippen LogP contribution in [0.3, 0.4) is 0 Å². The molecule has 0 N–H and O–H groups in total. The highest BCUT2D eigenvalue weighted by atomic mass is 15.3. The maximum Gasteiger partial charge on any atom is 0.102 e. The molecule has 3 nitrogen and oxygen atoms in total. The molecule has 0 saturated heterocycles. The Morgan fingerprint density at radius 3 is 2.50 bits per heavy atom. The average molecular weight is 438 g/mol. The molecule has 1 heterocycles. The Morgan fingerprint density at radius 2 is 1.88 bits per heavy atom. The number of rotatable bonds is 7. The van der Waals surface area contributed by atoms with Crippen molar-refractivity contribution in [1.29, 1.82) is 5.26 Å². The summed E-state index contributed by atoms with van der Waals surface area (Å²) in [6.45, 7) is 16.1. The lowest BCUT2D eigenvalue weighted by Crippen LogP contribution is -2.56. The van der Waals surface area contributed by atoms with Crippen LogP contribution in [0.5, 0.6) is 0 Å². The highest BCUT2D eigenvalue weighted by Crippen LogP contribution is 2.70. The molecule has 0 bridgehead atoms. The molecule has 0 aliphatic heterocycles. The SMILES string of the molecule is CCCC1(CC)C2CCC3(C)C(C(C)Cn4cc(C#N)cn4)CCC3C2CCC1(C)CC. The summed E-state index contributed by atoms with van der Waals surface area (Å²) < 4.78 is 2.02. The van der Waals surface area contributed by atoms with Crippen molar-refractivity contribution in [2.45, 2.75) is 112 Å². The standard InChI is InChI=1S/C29H47N3/c1-7-14-29(9-3)26-13-16-28(6)24(21(4)19-32-20-22(17-30)18-31-32)10-11-25(28)23(26)12-15-27(29,5)8-2/h18,20-21,23-26H,7-16,19H2,1-6H3. The molecule has 3 heteroatoms. The van der Waals surface area contributed by atoms with Gasteiger partial charge in [-0.15, -0.1) is 0 Å². The van der Waals surface area contributed by atoms with Crippen LogP contribution in [0.2, 0.25) is 0 Å². The van der Waals surface area contributed by atoms with Crippen LogP contribution in [0.25, 0.3) is 0 Å². The largest absolute Gasteiger partial charge is 0.271 e. The molecular weight excluding hydrogens is 390 g/mol. The van der Waals surface area contributed by atoms with Crippen LogP contribution in [-0.4, -0.2) is 9.78 Å². The average Bonchev–Trinajstić information content (AvgIpc) is 3.39. The van der Waals surface area contributed by atoms with Gasteiger partial charge in [-0.25, -0.2) is 0 Å². The van der Waals surface area contributed by atoms with Gasteiger partial charge in [0.25, 0.3) is 0 Å². The second-order valence-electron chi connectivity index (χ2n) is 12.4. The molecule has 1 aromatic rings. The van der Waals surface area contributed by atoms with Gasteiger partial charge in [0, 0.05) is 12.7 Å². The van der Waals surface area contributed by atoms with Crippen molar-refractivity contribution in [2.24, 2.45) is 45.8 Å². The third-order valence-corrected chi connectivity index (χ3v) is 11.5. The molecule has 4 rings (SSSR count). The summed E-state index contributed by atoms with van der Waals surface area (Å²) in [5.41, 5.74) is 2.24. The van der Waals surface area contributed by atoms with Crippen molar-refractivity contribution >= 4 is 0 Å². The van der Waals surface area contributed by atoms with E-state index in [1.54, 1.807) is 6.20 Å². The fraction of sp³-hybridized carbons (Fsp3) is 0.862. The maximum atomic E-state index is 9.15. The Morgan fingerprint density at radius 1 is 1.09 bits per heavy atom. The van der Waals surface area contributed by atoms with Crippen molar-refractivity contribution in [3.63, 3.8) is 0 Å². The molecule has 0 amide bonds. The van der Waals surface area contributed by atoms with E-state index in [0.29, 0.717) is 27.7 Å².